The van der Waals surface area contributed by atoms with Crippen LogP contribution in [0.25, 0.3) is 10.9 Å². The van der Waals surface area contributed by atoms with Crippen LogP contribution >= 0.6 is 0 Å². The van der Waals surface area contributed by atoms with Crippen LogP contribution in [0.3, 0.4) is 0 Å². The number of nitriles is 1. The van der Waals surface area contributed by atoms with Crippen LogP contribution in [0.15, 0.2) is 29.4 Å². The molecule has 0 spiro atoms. The first-order chi connectivity index (χ1) is 10.6. The van der Waals surface area contributed by atoms with Crippen molar-refractivity contribution in [2.75, 3.05) is 6.54 Å². The van der Waals surface area contributed by atoms with Crippen LogP contribution < -0.4 is 5.32 Å². The summed E-state index contributed by atoms with van der Waals surface area (Å²) in [6.07, 6.45) is 2.33. The van der Waals surface area contributed by atoms with E-state index in [1.807, 2.05) is 24.4 Å². The summed E-state index contributed by atoms with van der Waals surface area (Å²) in [5.74, 6) is 1.09. The van der Waals surface area contributed by atoms with Crippen molar-refractivity contribution in [3.8, 4) is 6.07 Å². The molecule has 0 atom stereocenters. The molecule has 0 unspecified atom stereocenters. The molecule has 112 valence electrons. The van der Waals surface area contributed by atoms with Crippen molar-refractivity contribution in [2.45, 2.75) is 26.8 Å². The van der Waals surface area contributed by atoms with Crippen molar-refractivity contribution < 1.29 is 4.79 Å². The Hall–Kier alpha value is -2.61. The van der Waals surface area contributed by atoms with Crippen LogP contribution in [-0.2, 0) is 11.3 Å². The zero-order chi connectivity index (χ0) is 15.7. The Morgan fingerprint density at radius 1 is 1.45 bits per heavy atom. The summed E-state index contributed by atoms with van der Waals surface area (Å²) in [5.41, 5.74) is 2.54. The number of nitrogens with zero attached hydrogens (tertiary/aromatic N) is 3. The zero-order valence-corrected chi connectivity index (χ0v) is 12.8. The maximum Gasteiger partial charge on any atom is 0.227 e. The second-order valence-corrected chi connectivity index (χ2v) is 5.96. The first-order valence-corrected chi connectivity index (χ1v) is 7.46. The summed E-state index contributed by atoms with van der Waals surface area (Å²) in [7, 11) is 0. The highest BCUT2D eigenvalue weighted by atomic mass is 16.1. The minimum atomic E-state index is -0.0111. The average Bonchev–Trinajstić information content (AvgIpc) is 2.84. The van der Waals surface area contributed by atoms with Gasteiger partial charge >= 0.3 is 0 Å². The third-order valence-electron chi connectivity index (χ3n) is 3.70. The van der Waals surface area contributed by atoms with E-state index in [2.05, 4.69) is 34.8 Å². The van der Waals surface area contributed by atoms with Gasteiger partial charge in [-0.3, -0.25) is 9.79 Å². The van der Waals surface area contributed by atoms with E-state index >= 15 is 0 Å². The quantitative estimate of drug-likeness (QED) is 0.944. The highest BCUT2D eigenvalue weighted by Crippen LogP contribution is 2.24. The molecule has 0 aliphatic carbocycles. The Kier molecular flexibility index (Phi) is 3.68. The van der Waals surface area contributed by atoms with E-state index in [0.29, 0.717) is 30.3 Å². The van der Waals surface area contributed by atoms with Gasteiger partial charge in [0, 0.05) is 35.6 Å². The van der Waals surface area contributed by atoms with E-state index in [1.165, 1.54) is 0 Å². The van der Waals surface area contributed by atoms with Gasteiger partial charge in [-0.25, -0.2) is 0 Å². The SMILES string of the molecule is CC(C)Cn1cc(C#N)c2cc(C3=NCCC(=O)N3)ccc21. The Morgan fingerprint density at radius 3 is 2.95 bits per heavy atom. The Balaban J connectivity index is 2.08. The van der Waals surface area contributed by atoms with Crippen molar-refractivity contribution >= 4 is 22.6 Å². The number of carbonyl (C=O) groups is 1. The second-order valence-electron chi connectivity index (χ2n) is 5.96. The number of carbonyl (C=O) groups excluding carboxylic acids is 1. The minimum absolute atomic E-state index is 0.0111. The molecule has 0 fully saturated rings. The highest BCUT2D eigenvalue weighted by molar-refractivity contribution is 6.10. The molecule has 5 nitrogen and oxygen atoms in total. The van der Waals surface area contributed by atoms with Crippen LogP contribution in [0.2, 0.25) is 0 Å². The number of rotatable bonds is 3. The van der Waals surface area contributed by atoms with Crippen molar-refractivity contribution in [3.63, 3.8) is 0 Å². The summed E-state index contributed by atoms with van der Waals surface area (Å²) >= 11 is 0. The zero-order valence-electron chi connectivity index (χ0n) is 12.8. The third kappa shape index (κ3) is 2.60. The van der Waals surface area contributed by atoms with Crippen LogP contribution in [0.4, 0.5) is 0 Å². The molecule has 1 aromatic heterocycles. The van der Waals surface area contributed by atoms with Crippen molar-refractivity contribution in [2.24, 2.45) is 10.9 Å². The number of aliphatic imine (C=N–C) groups is 1. The Bertz CT molecular complexity index is 808. The van der Waals surface area contributed by atoms with Gasteiger partial charge in [0.2, 0.25) is 5.91 Å². The first-order valence-electron chi connectivity index (χ1n) is 7.46. The fourth-order valence-corrected chi connectivity index (χ4v) is 2.74. The van der Waals surface area contributed by atoms with Gasteiger partial charge in [-0.2, -0.15) is 5.26 Å². The predicted molar refractivity (Wildman–Crippen MR) is 85.7 cm³/mol. The van der Waals surface area contributed by atoms with Gasteiger partial charge in [0.25, 0.3) is 0 Å². The molecule has 1 aromatic carbocycles. The fraction of sp³-hybridized carbons (Fsp3) is 0.353. The van der Waals surface area contributed by atoms with E-state index in [0.717, 1.165) is 23.0 Å². The molecule has 1 amide bonds. The Morgan fingerprint density at radius 2 is 2.27 bits per heavy atom. The molecule has 0 saturated carbocycles. The number of hydrogen-bond acceptors (Lipinski definition) is 3. The highest BCUT2D eigenvalue weighted by Gasteiger charge is 2.16. The van der Waals surface area contributed by atoms with Crippen LogP contribution in [0.1, 0.15) is 31.4 Å². The summed E-state index contributed by atoms with van der Waals surface area (Å²) in [6.45, 7) is 5.69. The molecule has 0 radical (unpaired) electrons. The first kappa shape index (κ1) is 14.3. The van der Waals surface area contributed by atoms with Gasteiger partial charge in [-0.1, -0.05) is 13.8 Å². The van der Waals surface area contributed by atoms with Gasteiger partial charge in [-0.15, -0.1) is 0 Å². The van der Waals surface area contributed by atoms with Crippen molar-refractivity contribution in [1.29, 1.82) is 5.26 Å². The van der Waals surface area contributed by atoms with Gasteiger partial charge in [-0.05, 0) is 24.1 Å². The maximum absolute atomic E-state index is 11.5. The topological polar surface area (TPSA) is 70.2 Å². The smallest absolute Gasteiger partial charge is 0.227 e. The van der Waals surface area contributed by atoms with Crippen molar-refractivity contribution in [1.82, 2.24) is 9.88 Å². The van der Waals surface area contributed by atoms with Crippen LogP contribution in [0.5, 0.6) is 0 Å². The number of nitrogens with one attached hydrogen (secondary N) is 1. The van der Waals surface area contributed by atoms with Gasteiger partial charge in [0.05, 0.1) is 12.1 Å². The van der Waals surface area contributed by atoms with Gasteiger partial charge < -0.3 is 9.88 Å². The molecule has 5 heteroatoms. The lowest BCUT2D eigenvalue weighted by atomic mass is 10.1. The monoisotopic (exact) mass is 294 g/mol. The predicted octanol–water partition coefficient (Wildman–Crippen LogP) is 2.44. The van der Waals surface area contributed by atoms with Crippen LogP contribution in [0, 0.1) is 17.2 Å². The average molecular weight is 294 g/mol. The molecule has 1 aliphatic rings. The molecule has 0 saturated heterocycles. The largest absolute Gasteiger partial charge is 0.346 e. The summed E-state index contributed by atoms with van der Waals surface area (Å²) in [5, 5.41) is 13.1. The third-order valence-corrected chi connectivity index (χ3v) is 3.70. The van der Waals surface area contributed by atoms with Gasteiger partial charge in [0.15, 0.2) is 0 Å². The lowest BCUT2D eigenvalue weighted by molar-refractivity contribution is -0.119. The number of hydrogen-bond donors (Lipinski definition) is 1. The second kappa shape index (κ2) is 5.64. The molecular weight excluding hydrogens is 276 g/mol. The number of amides is 1. The van der Waals surface area contributed by atoms with Crippen LogP contribution in [-0.4, -0.2) is 22.9 Å². The van der Waals surface area contributed by atoms with Gasteiger partial charge in [0.1, 0.15) is 11.9 Å². The lowest BCUT2D eigenvalue weighted by Gasteiger charge is -2.14. The lowest BCUT2D eigenvalue weighted by Crippen LogP contribution is -2.35. The molecule has 2 heterocycles. The van der Waals surface area contributed by atoms with Crippen molar-refractivity contribution in [3.05, 3.63) is 35.5 Å². The Labute approximate surface area is 129 Å². The normalized spacial score (nSPS) is 14.8. The molecule has 1 N–H and O–H groups in total. The summed E-state index contributed by atoms with van der Waals surface area (Å²) in [6, 6.07) is 8.14. The fourth-order valence-electron chi connectivity index (χ4n) is 2.74. The van der Waals surface area contributed by atoms with E-state index in [4.69, 9.17) is 0 Å². The summed E-state index contributed by atoms with van der Waals surface area (Å²) < 4.78 is 2.11. The molecule has 22 heavy (non-hydrogen) atoms. The van der Waals surface area contributed by atoms with E-state index in [-0.39, 0.29) is 5.91 Å². The minimum Gasteiger partial charge on any atom is -0.346 e. The molecule has 0 bridgehead atoms. The van der Waals surface area contributed by atoms with E-state index < -0.39 is 0 Å². The number of fused-ring (bicyclic) bond motifs is 1. The van der Waals surface area contributed by atoms with E-state index in [9.17, 15) is 10.1 Å². The molecular formula is C17H18N4O. The van der Waals surface area contributed by atoms with E-state index in [1.54, 1.807) is 0 Å². The summed E-state index contributed by atoms with van der Waals surface area (Å²) in [4.78, 5) is 15.9. The maximum atomic E-state index is 11.5. The standard InChI is InChI=1S/C17H18N4O/c1-11(2)9-21-10-13(8-18)14-7-12(3-4-15(14)21)17-19-6-5-16(22)20-17/h3-4,7,10-11H,5-6,9H2,1-2H3,(H,19,20,22). The molecule has 3 rings (SSSR count). The number of amidine groups is 1. The molecule has 1 aliphatic heterocycles. The number of aromatic nitrogens is 1. The number of benzene rings is 1. The molecule has 2 aromatic rings.